The van der Waals surface area contributed by atoms with Gasteiger partial charge in [0, 0.05) is 12.5 Å². The summed E-state index contributed by atoms with van der Waals surface area (Å²) in [5, 5.41) is 23.6. The number of aliphatic hydroxyl groups is 2. The van der Waals surface area contributed by atoms with Crippen molar-refractivity contribution in [2.24, 2.45) is 23.5 Å². The molecule has 2 heterocycles. The highest BCUT2D eigenvalue weighted by atomic mass is 16.7. The van der Waals surface area contributed by atoms with Crippen LogP contribution in [0.4, 0.5) is 0 Å². The normalized spacial score (nSPS) is 42.9. The number of nitrogens with one attached hydrogen (secondary N) is 1. The van der Waals surface area contributed by atoms with E-state index in [2.05, 4.69) is 26.1 Å². The number of hydrogen-bond donors (Lipinski definition) is 4. The Morgan fingerprint density at radius 1 is 1.07 bits per heavy atom. The Morgan fingerprint density at radius 3 is 2.50 bits per heavy atom. The Morgan fingerprint density at radius 2 is 1.80 bits per heavy atom. The lowest BCUT2D eigenvalue weighted by molar-refractivity contribution is -0.286. The second-order valence-corrected chi connectivity index (χ2v) is 9.57. The summed E-state index contributed by atoms with van der Waals surface area (Å²) in [5.74, 6) is 1.11. The van der Waals surface area contributed by atoms with Gasteiger partial charge in [0.25, 0.3) is 0 Å². The average molecular weight is 429 g/mol. The van der Waals surface area contributed by atoms with Crippen molar-refractivity contribution in [1.82, 2.24) is 5.32 Å². The van der Waals surface area contributed by atoms with Crippen LogP contribution in [0.1, 0.15) is 79.1 Å². The summed E-state index contributed by atoms with van der Waals surface area (Å²) >= 11 is 0. The Bertz CT molecular complexity index is 520. The molecule has 7 heteroatoms. The van der Waals surface area contributed by atoms with E-state index in [1.54, 1.807) is 6.92 Å². The smallest absolute Gasteiger partial charge is 0.223 e. The van der Waals surface area contributed by atoms with Crippen LogP contribution in [0.2, 0.25) is 0 Å². The predicted molar refractivity (Wildman–Crippen MR) is 117 cm³/mol. The van der Waals surface area contributed by atoms with Crippen molar-refractivity contribution in [2.45, 2.75) is 116 Å². The van der Waals surface area contributed by atoms with Crippen molar-refractivity contribution in [3.63, 3.8) is 0 Å². The van der Waals surface area contributed by atoms with Crippen molar-refractivity contribution < 1.29 is 24.5 Å². The van der Waals surface area contributed by atoms with Crippen LogP contribution < -0.4 is 11.1 Å². The molecule has 2 aliphatic rings. The van der Waals surface area contributed by atoms with Gasteiger partial charge in [0.05, 0.1) is 24.4 Å². The Labute approximate surface area is 182 Å². The van der Waals surface area contributed by atoms with E-state index < -0.39 is 30.6 Å². The maximum Gasteiger partial charge on any atom is 0.223 e. The third-order valence-corrected chi connectivity index (χ3v) is 7.03. The summed E-state index contributed by atoms with van der Waals surface area (Å²) in [4.78, 5) is 12.4. The summed E-state index contributed by atoms with van der Waals surface area (Å²) < 4.78 is 12.0. The fourth-order valence-electron chi connectivity index (χ4n) is 4.63. The van der Waals surface area contributed by atoms with E-state index in [0.29, 0.717) is 12.5 Å². The van der Waals surface area contributed by atoms with Crippen LogP contribution in [-0.2, 0) is 14.3 Å². The SMILES string of the molecule is CC[C@@H]1CCC[C@H](C)CC[C@@H](OC2OC(C)C(O)C(N)C2O)[C@H](C)CCCNC1=O. The molecule has 0 radical (unpaired) electrons. The van der Waals surface area contributed by atoms with Gasteiger partial charge in [0.1, 0.15) is 6.10 Å². The van der Waals surface area contributed by atoms with Crippen LogP contribution in [0.25, 0.3) is 0 Å². The second kappa shape index (κ2) is 12.3. The van der Waals surface area contributed by atoms with Crippen LogP contribution in [0.3, 0.4) is 0 Å². The van der Waals surface area contributed by atoms with Gasteiger partial charge >= 0.3 is 0 Å². The number of carbonyl (C=O) groups is 1. The first-order chi connectivity index (χ1) is 14.2. The van der Waals surface area contributed by atoms with Gasteiger partial charge in [0.2, 0.25) is 5.91 Å². The lowest BCUT2D eigenvalue weighted by Gasteiger charge is -2.42. The first kappa shape index (κ1) is 25.5. The highest BCUT2D eigenvalue weighted by molar-refractivity contribution is 5.78. The number of aliphatic hydroxyl groups excluding tert-OH is 2. The van der Waals surface area contributed by atoms with Crippen LogP contribution >= 0.6 is 0 Å². The molecule has 2 rings (SSSR count). The molecule has 176 valence electrons. The minimum absolute atomic E-state index is 0.0659. The quantitative estimate of drug-likeness (QED) is 0.549. The van der Waals surface area contributed by atoms with E-state index in [-0.39, 0.29) is 23.8 Å². The highest BCUT2D eigenvalue weighted by Crippen LogP contribution is 2.29. The van der Waals surface area contributed by atoms with Gasteiger partial charge in [-0.3, -0.25) is 4.79 Å². The monoisotopic (exact) mass is 428 g/mol. The van der Waals surface area contributed by atoms with Crippen LogP contribution in [-0.4, -0.2) is 59.4 Å². The zero-order chi connectivity index (χ0) is 22.3. The Balaban J connectivity index is 2.01. The first-order valence-corrected chi connectivity index (χ1v) is 11.9. The zero-order valence-electron chi connectivity index (χ0n) is 19.3. The van der Waals surface area contributed by atoms with Gasteiger partial charge in [-0.1, -0.05) is 33.6 Å². The minimum atomic E-state index is -1.06. The molecule has 0 aliphatic carbocycles. The fraction of sp³-hybridized carbons (Fsp3) is 0.957. The zero-order valence-corrected chi connectivity index (χ0v) is 19.3. The van der Waals surface area contributed by atoms with E-state index >= 15 is 0 Å². The third kappa shape index (κ3) is 7.16. The maximum absolute atomic E-state index is 12.4. The molecule has 9 atom stereocenters. The van der Waals surface area contributed by atoms with Crippen molar-refractivity contribution in [1.29, 1.82) is 0 Å². The van der Waals surface area contributed by atoms with E-state index in [4.69, 9.17) is 15.2 Å². The average Bonchev–Trinajstić information content (AvgIpc) is 2.72. The second-order valence-electron chi connectivity index (χ2n) is 9.57. The summed E-state index contributed by atoms with van der Waals surface area (Å²) in [6.07, 6.45) is 4.40. The van der Waals surface area contributed by atoms with Gasteiger partial charge in [-0.05, 0) is 57.3 Å². The van der Waals surface area contributed by atoms with Crippen molar-refractivity contribution in [3.8, 4) is 0 Å². The topological polar surface area (TPSA) is 114 Å². The number of carbonyl (C=O) groups excluding carboxylic acids is 1. The molecule has 5 N–H and O–H groups in total. The van der Waals surface area contributed by atoms with Crippen LogP contribution in [0.5, 0.6) is 0 Å². The van der Waals surface area contributed by atoms with Crippen LogP contribution in [0.15, 0.2) is 0 Å². The number of nitrogens with two attached hydrogens (primary N) is 1. The minimum Gasteiger partial charge on any atom is -0.389 e. The third-order valence-electron chi connectivity index (χ3n) is 7.03. The van der Waals surface area contributed by atoms with Gasteiger partial charge < -0.3 is 30.7 Å². The predicted octanol–water partition coefficient (Wildman–Crippen LogP) is 2.32. The largest absolute Gasteiger partial charge is 0.389 e. The molecule has 0 aromatic heterocycles. The van der Waals surface area contributed by atoms with E-state index in [0.717, 1.165) is 51.4 Å². The maximum atomic E-state index is 12.4. The van der Waals surface area contributed by atoms with E-state index in [1.165, 1.54) is 0 Å². The molecule has 0 saturated carbocycles. The summed E-state index contributed by atoms with van der Waals surface area (Å²) in [6.45, 7) is 8.94. The number of hydrogen-bond acceptors (Lipinski definition) is 6. The lowest BCUT2D eigenvalue weighted by Crippen LogP contribution is -2.61. The molecule has 2 fully saturated rings. The standard InChI is InChI=1S/C23H44N2O5/c1-5-17-10-6-8-14(2)11-12-18(15(3)9-7-13-25-22(17)28)30-23-21(27)19(24)20(26)16(4)29-23/h14-21,23,26-27H,5-13,24H2,1-4H3,(H,25,28)/t14-,15+,16?,17+,18+,19?,20?,21?,23?/m0/s1. The molecule has 1 amide bonds. The number of ether oxygens (including phenoxy) is 2. The Hall–Kier alpha value is -0.730. The molecule has 30 heavy (non-hydrogen) atoms. The van der Waals surface area contributed by atoms with Crippen molar-refractivity contribution in [3.05, 3.63) is 0 Å². The van der Waals surface area contributed by atoms with Crippen molar-refractivity contribution >= 4 is 5.91 Å². The summed E-state index contributed by atoms with van der Waals surface area (Å²) in [5.41, 5.74) is 5.97. The molecule has 2 aliphatic heterocycles. The molecule has 0 aromatic carbocycles. The van der Waals surface area contributed by atoms with Gasteiger partial charge in [-0.25, -0.2) is 0 Å². The van der Waals surface area contributed by atoms with Gasteiger partial charge in [0.15, 0.2) is 6.29 Å². The molecular weight excluding hydrogens is 384 g/mol. The first-order valence-electron chi connectivity index (χ1n) is 11.9. The molecule has 2 saturated heterocycles. The molecular formula is C23H44N2O5. The van der Waals surface area contributed by atoms with Gasteiger partial charge in [-0.15, -0.1) is 0 Å². The summed E-state index contributed by atoms with van der Waals surface area (Å²) in [6, 6.07) is -0.784. The Kier molecular flexibility index (Phi) is 10.5. The molecule has 0 spiro atoms. The number of rotatable bonds is 3. The van der Waals surface area contributed by atoms with E-state index in [9.17, 15) is 15.0 Å². The lowest BCUT2D eigenvalue weighted by atomic mass is 9.88. The summed E-state index contributed by atoms with van der Waals surface area (Å²) in [7, 11) is 0. The van der Waals surface area contributed by atoms with Gasteiger partial charge in [-0.2, -0.15) is 0 Å². The highest BCUT2D eigenvalue weighted by Gasteiger charge is 2.42. The molecule has 7 nitrogen and oxygen atoms in total. The molecule has 0 bridgehead atoms. The van der Waals surface area contributed by atoms with E-state index in [1.807, 2.05) is 0 Å². The van der Waals surface area contributed by atoms with Crippen LogP contribution in [0, 0.1) is 17.8 Å². The molecule has 5 unspecified atom stereocenters. The fourth-order valence-corrected chi connectivity index (χ4v) is 4.63. The van der Waals surface area contributed by atoms with Crippen molar-refractivity contribution in [2.75, 3.05) is 6.54 Å². The molecule has 0 aromatic rings. The number of amides is 1.